The number of nitriles is 1. The summed E-state index contributed by atoms with van der Waals surface area (Å²) < 4.78 is 0. The van der Waals surface area contributed by atoms with Crippen LogP contribution in [0.1, 0.15) is 58.8 Å². The normalized spacial score (nSPS) is 37.6. The molecule has 4 atom stereocenters. The Kier molecular flexibility index (Phi) is 5.06. The highest BCUT2D eigenvalue weighted by Gasteiger charge is 2.36. The van der Waals surface area contributed by atoms with Crippen molar-refractivity contribution in [3.8, 4) is 6.07 Å². The van der Waals surface area contributed by atoms with Crippen LogP contribution in [0.15, 0.2) is 0 Å². The molecule has 2 rings (SSSR count). The number of hydrogen-bond acceptors (Lipinski definition) is 2. The third kappa shape index (κ3) is 3.06. The summed E-state index contributed by atoms with van der Waals surface area (Å²) in [6, 6.07) is 3.15. The summed E-state index contributed by atoms with van der Waals surface area (Å²) in [6.45, 7) is 7.09. The summed E-state index contributed by atoms with van der Waals surface area (Å²) in [5.74, 6) is 2.06. The second-order valence-electron chi connectivity index (χ2n) is 6.33. The van der Waals surface area contributed by atoms with Gasteiger partial charge in [0, 0.05) is 12.6 Å². The Bertz CT molecular complexity index is 294. The van der Waals surface area contributed by atoms with Crippen LogP contribution in [0.3, 0.4) is 0 Å². The van der Waals surface area contributed by atoms with Crippen molar-refractivity contribution in [3.05, 3.63) is 0 Å². The van der Waals surface area contributed by atoms with Crippen molar-refractivity contribution in [1.82, 2.24) is 4.90 Å². The van der Waals surface area contributed by atoms with Gasteiger partial charge in [-0.25, -0.2) is 0 Å². The summed E-state index contributed by atoms with van der Waals surface area (Å²) >= 11 is 0. The molecule has 0 amide bonds. The van der Waals surface area contributed by atoms with Crippen LogP contribution in [0.4, 0.5) is 0 Å². The fraction of sp³-hybridized carbons (Fsp3) is 0.938. The lowest BCUT2D eigenvalue weighted by atomic mass is 9.77. The maximum absolute atomic E-state index is 9.37. The van der Waals surface area contributed by atoms with Gasteiger partial charge in [0.25, 0.3) is 0 Å². The lowest BCUT2D eigenvalue weighted by Gasteiger charge is -2.38. The standard InChI is InChI=1S/C16H28N2/c1-3-5-14-8-9-18(12-14)16-10-13(4-2)6-7-15(16)11-17/h13-16H,3-10,12H2,1-2H3. The van der Waals surface area contributed by atoms with Crippen molar-refractivity contribution in [2.45, 2.75) is 64.8 Å². The van der Waals surface area contributed by atoms with Crippen LogP contribution in [0.25, 0.3) is 0 Å². The first-order chi connectivity index (χ1) is 8.78. The van der Waals surface area contributed by atoms with E-state index >= 15 is 0 Å². The van der Waals surface area contributed by atoms with Crippen molar-refractivity contribution in [2.75, 3.05) is 13.1 Å². The zero-order chi connectivity index (χ0) is 13.0. The van der Waals surface area contributed by atoms with Crippen LogP contribution in [0.2, 0.25) is 0 Å². The van der Waals surface area contributed by atoms with Crippen LogP contribution < -0.4 is 0 Å². The fourth-order valence-electron chi connectivity index (χ4n) is 3.96. The Morgan fingerprint density at radius 1 is 1.17 bits per heavy atom. The van der Waals surface area contributed by atoms with Gasteiger partial charge >= 0.3 is 0 Å². The summed E-state index contributed by atoms with van der Waals surface area (Å²) in [7, 11) is 0. The molecule has 0 aromatic rings. The van der Waals surface area contributed by atoms with Crippen LogP contribution in [-0.4, -0.2) is 24.0 Å². The Labute approximate surface area is 112 Å². The number of rotatable bonds is 4. The Morgan fingerprint density at radius 2 is 2.00 bits per heavy atom. The van der Waals surface area contributed by atoms with E-state index < -0.39 is 0 Å². The molecule has 1 saturated heterocycles. The molecule has 1 saturated carbocycles. The van der Waals surface area contributed by atoms with E-state index in [4.69, 9.17) is 0 Å². The van der Waals surface area contributed by atoms with E-state index in [0.29, 0.717) is 12.0 Å². The number of hydrogen-bond donors (Lipinski definition) is 0. The van der Waals surface area contributed by atoms with Gasteiger partial charge in [0.15, 0.2) is 0 Å². The average molecular weight is 248 g/mol. The molecule has 18 heavy (non-hydrogen) atoms. The molecule has 0 aromatic heterocycles. The van der Waals surface area contributed by atoms with Gasteiger partial charge in [0.05, 0.1) is 12.0 Å². The van der Waals surface area contributed by atoms with Crippen molar-refractivity contribution in [3.63, 3.8) is 0 Å². The third-order valence-corrected chi connectivity index (χ3v) is 5.15. The first-order valence-electron chi connectivity index (χ1n) is 7.92. The maximum Gasteiger partial charge on any atom is 0.0672 e. The molecule has 2 fully saturated rings. The Morgan fingerprint density at radius 3 is 2.67 bits per heavy atom. The molecule has 1 heterocycles. The molecule has 2 nitrogen and oxygen atoms in total. The van der Waals surface area contributed by atoms with Crippen molar-refractivity contribution in [2.24, 2.45) is 17.8 Å². The SMILES string of the molecule is CCCC1CCN(C2CC(CC)CCC2C#N)C1. The van der Waals surface area contributed by atoms with Gasteiger partial charge in [-0.1, -0.05) is 26.7 Å². The smallest absolute Gasteiger partial charge is 0.0672 e. The van der Waals surface area contributed by atoms with Crippen LogP contribution in [-0.2, 0) is 0 Å². The summed E-state index contributed by atoms with van der Waals surface area (Å²) in [5.41, 5.74) is 0. The molecule has 0 aromatic carbocycles. The zero-order valence-electron chi connectivity index (χ0n) is 12.1. The van der Waals surface area contributed by atoms with E-state index in [1.165, 1.54) is 51.6 Å². The predicted molar refractivity (Wildman–Crippen MR) is 75.1 cm³/mol. The number of likely N-dealkylation sites (tertiary alicyclic amines) is 1. The monoisotopic (exact) mass is 248 g/mol. The predicted octanol–water partition coefficient (Wildman–Crippen LogP) is 3.83. The summed E-state index contributed by atoms with van der Waals surface area (Å²) in [5, 5.41) is 9.37. The van der Waals surface area contributed by atoms with Crippen LogP contribution in [0, 0.1) is 29.1 Å². The first-order valence-corrected chi connectivity index (χ1v) is 7.92. The van der Waals surface area contributed by atoms with Gasteiger partial charge in [-0.05, 0) is 50.5 Å². The lowest BCUT2D eigenvalue weighted by molar-refractivity contribution is 0.118. The third-order valence-electron chi connectivity index (χ3n) is 5.15. The van der Waals surface area contributed by atoms with Gasteiger partial charge < -0.3 is 0 Å². The minimum atomic E-state index is 0.299. The second-order valence-corrected chi connectivity index (χ2v) is 6.33. The topological polar surface area (TPSA) is 27.0 Å². The van der Waals surface area contributed by atoms with Crippen molar-refractivity contribution in [1.29, 1.82) is 5.26 Å². The number of nitrogens with zero attached hydrogens (tertiary/aromatic N) is 2. The highest BCUT2D eigenvalue weighted by Crippen LogP contribution is 2.36. The molecule has 4 unspecified atom stereocenters. The summed E-state index contributed by atoms with van der Waals surface area (Å²) in [4.78, 5) is 2.65. The minimum Gasteiger partial charge on any atom is -0.299 e. The van der Waals surface area contributed by atoms with Crippen LogP contribution >= 0.6 is 0 Å². The van der Waals surface area contributed by atoms with E-state index in [1.807, 2.05) is 0 Å². The Balaban J connectivity index is 1.94. The molecular formula is C16H28N2. The van der Waals surface area contributed by atoms with E-state index in [1.54, 1.807) is 0 Å². The molecule has 0 N–H and O–H groups in total. The molecular weight excluding hydrogens is 220 g/mol. The van der Waals surface area contributed by atoms with E-state index in [0.717, 1.165) is 18.3 Å². The largest absolute Gasteiger partial charge is 0.299 e. The average Bonchev–Trinajstić information content (AvgIpc) is 2.87. The summed E-state index contributed by atoms with van der Waals surface area (Å²) in [6.07, 6.45) is 9.01. The van der Waals surface area contributed by atoms with Gasteiger partial charge in [-0.3, -0.25) is 4.90 Å². The van der Waals surface area contributed by atoms with Crippen molar-refractivity contribution < 1.29 is 0 Å². The van der Waals surface area contributed by atoms with Crippen LogP contribution in [0.5, 0.6) is 0 Å². The van der Waals surface area contributed by atoms with E-state index in [-0.39, 0.29) is 0 Å². The molecule has 1 aliphatic heterocycles. The molecule has 1 aliphatic carbocycles. The molecule has 2 heteroatoms. The quantitative estimate of drug-likeness (QED) is 0.756. The van der Waals surface area contributed by atoms with Gasteiger partial charge in [-0.15, -0.1) is 0 Å². The molecule has 102 valence electrons. The molecule has 0 bridgehead atoms. The molecule has 0 radical (unpaired) electrons. The van der Waals surface area contributed by atoms with Gasteiger partial charge in [-0.2, -0.15) is 5.26 Å². The van der Waals surface area contributed by atoms with E-state index in [2.05, 4.69) is 24.8 Å². The molecule has 2 aliphatic rings. The highest BCUT2D eigenvalue weighted by molar-refractivity contribution is 4.99. The molecule has 0 spiro atoms. The van der Waals surface area contributed by atoms with E-state index in [9.17, 15) is 5.26 Å². The van der Waals surface area contributed by atoms with Crippen molar-refractivity contribution >= 4 is 0 Å². The zero-order valence-corrected chi connectivity index (χ0v) is 12.1. The fourth-order valence-corrected chi connectivity index (χ4v) is 3.96. The highest BCUT2D eigenvalue weighted by atomic mass is 15.2. The minimum absolute atomic E-state index is 0.299. The Hall–Kier alpha value is -0.550. The lowest BCUT2D eigenvalue weighted by Crippen LogP contribution is -2.42. The first kappa shape index (κ1) is 13.9. The maximum atomic E-state index is 9.37. The van der Waals surface area contributed by atoms with Gasteiger partial charge in [0.1, 0.15) is 0 Å². The van der Waals surface area contributed by atoms with Gasteiger partial charge in [0.2, 0.25) is 0 Å². The second kappa shape index (κ2) is 6.57.